The quantitative estimate of drug-likeness (QED) is 0.818. The number of hydrogen-bond donors (Lipinski definition) is 1. The summed E-state index contributed by atoms with van der Waals surface area (Å²) in [5.41, 5.74) is 5.68. The first kappa shape index (κ1) is 14.5. The maximum atomic E-state index is 3.61. The van der Waals surface area contributed by atoms with Crippen LogP contribution in [0.5, 0.6) is 0 Å². The lowest BCUT2D eigenvalue weighted by Gasteiger charge is -2.26. The molecule has 1 aromatic carbocycles. The average Bonchev–Trinajstić information content (AvgIpc) is 2.38. The topological polar surface area (TPSA) is 15.3 Å². The summed E-state index contributed by atoms with van der Waals surface area (Å²) in [6, 6.07) is 4.57. The van der Waals surface area contributed by atoms with E-state index in [4.69, 9.17) is 0 Å². The van der Waals surface area contributed by atoms with Gasteiger partial charge in [-0.15, -0.1) is 0 Å². The summed E-state index contributed by atoms with van der Waals surface area (Å²) < 4.78 is 0. The first-order chi connectivity index (χ1) is 9.16. The summed E-state index contributed by atoms with van der Waals surface area (Å²) in [7, 11) is 0. The Morgan fingerprint density at radius 3 is 2.26 bits per heavy atom. The number of hydrogen-bond acceptors (Lipinski definition) is 2. The molecule has 0 unspecified atom stereocenters. The fourth-order valence-electron chi connectivity index (χ4n) is 3.12. The van der Waals surface area contributed by atoms with Gasteiger partial charge in [0.05, 0.1) is 0 Å². The van der Waals surface area contributed by atoms with Crippen LogP contribution in [0.1, 0.15) is 41.5 Å². The maximum absolute atomic E-state index is 3.61. The Hall–Kier alpha value is -0.860. The van der Waals surface area contributed by atoms with E-state index >= 15 is 0 Å². The van der Waals surface area contributed by atoms with Gasteiger partial charge < -0.3 is 10.2 Å². The Labute approximate surface area is 118 Å². The van der Waals surface area contributed by atoms with Crippen molar-refractivity contribution in [1.29, 1.82) is 0 Å². The van der Waals surface area contributed by atoms with Crippen LogP contribution in [0.3, 0.4) is 0 Å². The Bertz CT molecular complexity index is 383. The highest BCUT2D eigenvalue weighted by molar-refractivity contribution is 5.37. The molecular formula is C17H28N2. The predicted molar refractivity (Wildman–Crippen MR) is 82.7 cm³/mol. The third-order valence-electron chi connectivity index (χ3n) is 4.20. The molecule has 1 heterocycles. The van der Waals surface area contributed by atoms with E-state index < -0.39 is 0 Å². The van der Waals surface area contributed by atoms with Crippen LogP contribution in [-0.2, 0) is 6.54 Å². The summed E-state index contributed by atoms with van der Waals surface area (Å²) in [5.74, 6) is 0. The number of nitrogens with zero attached hydrogens (tertiary/aromatic N) is 1. The molecule has 0 spiro atoms. The van der Waals surface area contributed by atoms with E-state index in [9.17, 15) is 0 Å². The van der Waals surface area contributed by atoms with Crippen molar-refractivity contribution in [3.63, 3.8) is 0 Å². The second-order valence-electron chi connectivity index (χ2n) is 5.96. The van der Waals surface area contributed by atoms with E-state index in [0.29, 0.717) is 0 Å². The summed E-state index contributed by atoms with van der Waals surface area (Å²) in [5, 5.41) is 3.61. The van der Waals surface area contributed by atoms with Gasteiger partial charge in [0.2, 0.25) is 0 Å². The molecule has 1 saturated heterocycles. The van der Waals surface area contributed by atoms with E-state index in [-0.39, 0.29) is 0 Å². The van der Waals surface area contributed by atoms with Crippen molar-refractivity contribution < 1.29 is 0 Å². The predicted octanol–water partition coefficient (Wildman–Crippen LogP) is 3.19. The zero-order valence-corrected chi connectivity index (χ0v) is 12.8. The van der Waals surface area contributed by atoms with Gasteiger partial charge in [-0.1, -0.05) is 24.1 Å². The van der Waals surface area contributed by atoms with Crippen LogP contribution in [0.4, 0.5) is 0 Å². The van der Waals surface area contributed by atoms with Gasteiger partial charge in [-0.25, -0.2) is 0 Å². The van der Waals surface area contributed by atoms with Crippen molar-refractivity contribution >= 4 is 0 Å². The van der Waals surface area contributed by atoms with Crippen LogP contribution >= 0.6 is 0 Å². The fraction of sp³-hybridized carbons (Fsp3) is 0.647. The third kappa shape index (κ3) is 4.32. The molecule has 0 radical (unpaired) electrons. The van der Waals surface area contributed by atoms with Crippen molar-refractivity contribution in [2.24, 2.45) is 0 Å². The monoisotopic (exact) mass is 260 g/mol. The second-order valence-corrected chi connectivity index (χ2v) is 5.96. The highest BCUT2D eigenvalue weighted by Gasteiger charge is 2.09. The molecule has 106 valence electrons. The first-order valence-electron chi connectivity index (χ1n) is 7.66. The molecule has 2 heteroatoms. The van der Waals surface area contributed by atoms with Crippen LogP contribution in [0.25, 0.3) is 0 Å². The standard InChI is InChI=1S/C17H28N2/c1-14-11-15(2)17(16(3)12-14)13-18-7-10-19-8-5-4-6-9-19/h11-12,18H,4-10,13H2,1-3H3. The Balaban J connectivity index is 1.76. The van der Waals surface area contributed by atoms with Crippen molar-refractivity contribution in [1.82, 2.24) is 10.2 Å². The lowest BCUT2D eigenvalue weighted by atomic mass is 10.00. The SMILES string of the molecule is Cc1cc(C)c(CNCCN2CCCCC2)c(C)c1. The molecule has 0 saturated carbocycles. The molecule has 2 nitrogen and oxygen atoms in total. The van der Waals surface area contributed by atoms with Crippen molar-refractivity contribution in [3.8, 4) is 0 Å². The van der Waals surface area contributed by atoms with Crippen LogP contribution in [-0.4, -0.2) is 31.1 Å². The highest BCUT2D eigenvalue weighted by Crippen LogP contribution is 2.16. The number of rotatable bonds is 5. The molecular weight excluding hydrogens is 232 g/mol. The summed E-state index contributed by atoms with van der Waals surface area (Å²) in [6.45, 7) is 12.5. The van der Waals surface area contributed by atoms with Gasteiger partial charge in [0, 0.05) is 19.6 Å². The zero-order chi connectivity index (χ0) is 13.7. The first-order valence-corrected chi connectivity index (χ1v) is 7.66. The molecule has 0 amide bonds. The van der Waals surface area contributed by atoms with Crippen LogP contribution < -0.4 is 5.32 Å². The molecule has 2 rings (SSSR count). The van der Waals surface area contributed by atoms with E-state index in [0.717, 1.165) is 13.1 Å². The molecule has 19 heavy (non-hydrogen) atoms. The maximum Gasteiger partial charge on any atom is 0.0211 e. The summed E-state index contributed by atoms with van der Waals surface area (Å²) in [4.78, 5) is 2.59. The molecule has 0 aromatic heterocycles. The van der Waals surface area contributed by atoms with Crippen LogP contribution in [0, 0.1) is 20.8 Å². The summed E-state index contributed by atoms with van der Waals surface area (Å²) in [6.07, 6.45) is 4.19. The van der Waals surface area contributed by atoms with Gasteiger partial charge in [-0.3, -0.25) is 0 Å². The Morgan fingerprint density at radius 2 is 1.63 bits per heavy atom. The molecule has 0 bridgehead atoms. The normalized spacial score (nSPS) is 16.8. The van der Waals surface area contributed by atoms with Gasteiger partial charge >= 0.3 is 0 Å². The molecule has 1 aromatic rings. The Morgan fingerprint density at radius 1 is 1.00 bits per heavy atom. The molecule has 1 fully saturated rings. The lowest BCUT2D eigenvalue weighted by Crippen LogP contribution is -2.35. The lowest BCUT2D eigenvalue weighted by molar-refractivity contribution is 0.229. The van der Waals surface area contributed by atoms with Crippen molar-refractivity contribution in [2.45, 2.75) is 46.6 Å². The third-order valence-corrected chi connectivity index (χ3v) is 4.20. The number of nitrogens with one attached hydrogen (secondary N) is 1. The zero-order valence-electron chi connectivity index (χ0n) is 12.8. The molecule has 1 aliphatic heterocycles. The number of aryl methyl sites for hydroxylation is 3. The van der Waals surface area contributed by atoms with Gasteiger partial charge in [-0.2, -0.15) is 0 Å². The van der Waals surface area contributed by atoms with Crippen molar-refractivity contribution in [2.75, 3.05) is 26.2 Å². The minimum absolute atomic E-state index is 1.01. The number of likely N-dealkylation sites (tertiary alicyclic amines) is 1. The van der Waals surface area contributed by atoms with Crippen LogP contribution in [0.2, 0.25) is 0 Å². The minimum atomic E-state index is 1.01. The molecule has 0 atom stereocenters. The van der Waals surface area contributed by atoms with Gasteiger partial charge in [0.15, 0.2) is 0 Å². The largest absolute Gasteiger partial charge is 0.311 e. The second kappa shape index (κ2) is 7.06. The average molecular weight is 260 g/mol. The van der Waals surface area contributed by atoms with E-state index in [2.05, 4.69) is 43.1 Å². The number of benzene rings is 1. The van der Waals surface area contributed by atoms with Crippen LogP contribution in [0.15, 0.2) is 12.1 Å². The van der Waals surface area contributed by atoms with Gasteiger partial charge in [-0.05, 0) is 63.4 Å². The molecule has 1 N–H and O–H groups in total. The van der Waals surface area contributed by atoms with Gasteiger partial charge in [0.25, 0.3) is 0 Å². The Kier molecular flexibility index (Phi) is 5.41. The fourth-order valence-corrected chi connectivity index (χ4v) is 3.12. The minimum Gasteiger partial charge on any atom is -0.311 e. The number of piperidine rings is 1. The highest BCUT2D eigenvalue weighted by atomic mass is 15.1. The van der Waals surface area contributed by atoms with Gasteiger partial charge in [0.1, 0.15) is 0 Å². The van der Waals surface area contributed by atoms with E-state index in [1.165, 1.54) is 61.2 Å². The van der Waals surface area contributed by atoms with E-state index in [1.54, 1.807) is 0 Å². The van der Waals surface area contributed by atoms with Crippen molar-refractivity contribution in [3.05, 3.63) is 34.4 Å². The summed E-state index contributed by atoms with van der Waals surface area (Å²) >= 11 is 0. The smallest absolute Gasteiger partial charge is 0.0211 e. The van der Waals surface area contributed by atoms with E-state index in [1.807, 2.05) is 0 Å². The molecule has 1 aliphatic rings. The molecule has 0 aliphatic carbocycles.